The van der Waals surface area contributed by atoms with E-state index in [1.165, 1.54) is 0 Å². The van der Waals surface area contributed by atoms with Crippen LogP contribution in [-0.4, -0.2) is 46.4 Å². The first kappa shape index (κ1) is 10.9. The monoisotopic (exact) mass is 224 g/mol. The van der Waals surface area contributed by atoms with Crippen LogP contribution in [0.2, 0.25) is 0 Å². The van der Waals surface area contributed by atoms with Gasteiger partial charge in [0.2, 0.25) is 0 Å². The van der Waals surface area contributed by atoms with Crippen LogP contribution in [0, 0.1) is 0 Å². The summed E-state index contributed by atoms with van der Waals surface area (Å²) in [4.78, 5) is 13.9. The Labute approximate surface area is 94.0 Å². The molecule has 6 nitrogen and oxygen atoms in total. The van der Waals surface area contributed by atoms with Gasteiger partial charge in [0, 0.05) is 19.8 Å². The van der Waals surface area contributed by atoms with Crippen LogP contribution in [0.5, 0.6) is 0 Å². The summed E-state index contributed by atoms with van der Waals surface area (Å²) in [6.45, 7) is 3.69. The molecule has 0 bridgehead atoms. The molecule has 0 aromatic carbocycles. The predicted molar refractivity (Wildman–Crippen MR) is 58.9 cm³/mol. The summed E-state index contributed by atoms with van der Waals surface area (Å²) in [7, 11) is 1.75. The summed E-state index contributed by atoms with van der Waals surface area (Å²) in [5.74, 6) is -0.117. The van der Waals surface area contributed by atoms with Gasteiger partial charge in [-0.1, -0.05) is 0 Å². The average Bonchev–Trinajstić information content (AvgIpc) is 2.58. The molecule has 1 saturated heterocycles. The molecule has 0 unspecified atom stereocenters. The molecule has 0 spiro atoms. The molecule has 0 aliphatic carbocycles. The highest BCUT2D eigenvalue weighted by Gasteiger charge is 2.27. The number of amides is 1. The van der Waals surface area contributed by atoms with Crippen molar-refractivity contribution in [3.8, 4) is 0 Å². The van der Waals surface area contributed by atoms with E-state index in [1.54, 1.807) is 22.8 Å². The Morgan fingerprint density at radius 2 is 2.44 bits per heavy atom. The Bertz CT molecular complexity index is 402. The zero-order valence-electron chi connectivity index (χ0n) is 9.51. The molecule has 88 valence electrons. The Hall–Kier alpha value is -1.56. The highest BCUT2D eigenvalue weighted by Crippen LogP contribution is 2.15. The quantitative estimate of drug-likeness (QED) is 0.720. The topological polar surface area (TPSA) is 73.4 Å². The minimum Gasteiger partial charge on any atom is -0.396 e. The van der Waals surface area contributed by atoms with Crippen LogP contribution in [0.4, 0.5) is 5.69 Å². The van der Waals surface area contributed by atoms with Crippen molar-refractivity contribution in [3.63, 3.8) is 0 Å². The van der Waals surface area contributed by atoms with E-state index in [0.717, 1.165) is 0 Å². The standard InChI is InChI=1S/C10H16N4O2/c1-7-6-16-4-3-14(7)10(15)9-8(11)5-13(2)12-9/h5,7H,3-4,6,11H2,1-2H3/t7-/m1/s1. The van der Waals surface area contributed by atoms with Gasteiger partial charge in [0.1, 0.15) is 0 Å². The van der Waals surface area contributed by atoms with E-state index >= 15 is 0 Å². The first-order chi connectivity index (χ1) is 7.59. The number of carbonyl (C=O) groups is 1. The maximum Gasteiger partial charge on any atom is 0.276 e. The van der Waals surface area contributed by atoms with Crippen LogP contribution in [0.3, 0.4) is 0 Å². The number of nitrogens with zero attached hydrogens (tertiary/aromatic N) is 3. The summed E-state index contributed by atoms with van der Waals surface area (Å²) in [6, 6.07) is 0.0719. The minimum atomic E-state index is -0.117. The lowest BCUT2D eigenvalue weighted by Crippen LogP contribution is -2.47. The number of ether oxygens (including phenoxy) is 1. The molecule has 1 aliphatic rings. The van der Waals surface area contributed by atoms with Crippen molar-refractivity contribution in [2.24, 2.45) is 7.05 Å². The molecule has 1 atom stereocenters. The molecule has 1 fully saturated rings. The first-order valence-electron chi connectivity index (χ1n) is 5.27. The van der Waals surface area contributed by atoms with Gasteiger partial charge in [0.15, 0.2) is 5.69 Å². The second-order valence-electron chi connectivity index (χ2n) is 4.03. The van der Waals surface area contributed by atoms with Crippen molar-refractivity contribution in [2.75, 3.05) is 25.5 Å². The number of morpholine rings is 1. The summed E-state index contributed by atoms with van der Waals surface area (Å²) in [5, 5.41) is 4.08. The fourth-order valence-electron chi connectivity index (χ4n) is 1.84. The van der Waals surface area contributed by atoms with Gasteiger partial charge >= 0.3 is 0 Å². The van der Waals surface area contributed by atoms with Crippen molar-refractivity contribution in [3.05, 3.63) is 11.9 Å². The van der Waals surface area contributed by atoms with E-state index in [-0.39, 0.29) is 11.9 Å². The highest BCUT2D eigenvalue weighted by atomic mass is 16.5. The zero-order chi connectivity index (χ0) is 11.7. The second-order valence-corrected chi connectivity index (χ2v) is 4.03. The summed E-state index contributed by atoms with van der Waals surface area (Å²) in [6.07, 6.45) is 1.64. The van der Waals surface area contributed by atoms with E-state index in [9.17, 15) is 4.79 Å². The van der Waals surface area contributed by atoms with E-state index in [0.29, 0.717) is 31.1 Å². The van der Waals surface area contributed by atoms with E-state index in [1.807, 2.05) is 6.92 Å². The average molecular weight is 224 g/mol. The van der Waals surface area contributed by atoms with Gasteiger partial charge in [-0.2, -0.15) is 5.10 Å². The Morgan fingerprint density at radius 3 is 3.00 bits per heavy atom. The molecule has 1 aliphatic heterocycles. The third kappa shape index (κ3) is 1.88. The molecule has 2 heterocycles. The Morgan fingerprint density at radius 1 is 1.69 bits per heavy atom. The van der Waals surface area contributed by atoms with Crippen molar-refractivity contribution >= 4 is 11.6 Å². The van der Waals surface area contributed by atoms with Gasteiger partial charge in [0.25, 0.3) is 5.91 Å². The molecule has 1 aromatic heterocycles. The summed E-state index contributed by atoms with van der Waals surface area (Å²) >= 11 is 0. The summed E-state index contributed by atoms with van der Waals surface area (Å²) < 4.78 is 6.83. The predicted octanol–water partition coefficient (Wildman–Crippen LogP) is -0.137. The van der Waals surface area contributed by atoms with Gasteiger partial charge < -0.3 is 15.4 Å². The lowest BCUT2D eigenvalue weighted by atomic mass is 10.2. The molecule has 2 rings (SSSR count). The number of hydrogen-bond acceptors (Lipinski definition) is 4. The van der Waals surface area contributed by atoms with Gasteiger partial charge in [-0.3, -0.25) is 9.48 Å². The largest absolute Gasteiger partial charge is 0.396 e. The van der Waals surface area contributed by atoms with E-state index in [2.05, 4.69) is 5.10 Å². The first-order valence-corrected chi connectivity index (χ1v) is 5.27. The van der Waals surface area contributed by atoms with E-state index < -0.39 is 0 Å². The van der Waals surface area contributed by atoms with Crippen LogP contribution < -0.4 is 5.73 Å². The molecule has 1 aromatic rings. The normalized spacial score (nSPS) is 21.1. The fraction of sp³-hybridized carbons (Fsp3) is 0.600. The number of carbonyl (C=O) groups excluding carboxylic acids is 1. The highest BCUT2D eigenvalue weighted by molar-refractivity contribution is 5.97. The number of aryl methyl sites for hydroxylation is 1. The fourth-order valence-corrected chi connectivity index (χ4v) is 1.84. The molecule has 16 heavy (non-hydrogen) atoms. The lowest BCUT2D eigenvalue weighted by Gasteiger charge is -2.32. The Kier molecular flexibility index (Phi) is 2.82. The second kappa shape index (κ2) is 4.13. The molecule has 2 N–H and O–H groups in total. The lowest BCUT2D eigenvalue weighted by molar-refractivity contribution is 0.00329. The number of anilines is 1. The van der Waals surface area contributed by atoms with Gasteiger partial charge in [0.05, 0.1) is 24.9 Å². The number of rotatable bonds is 1. The third-order valence-electron chi connectivity index (χ3n) is 2.69. The van der Waals surface area contributed by atoms with Crippen LogP contribution in [0.1, 0.15) is 17.4 Å². The molecular weight excluding hydrogens is 208 g/mol. The molecule has 0 saturated carbocycles. The number of nitrogens with two attached hydrogens (primary N) is 1. The smallest absolute Gasteiger partial charge is 0.276 e. The van der Waals surface area contributed by atoms with Crippen molar-refractivity contribution in [1.82, 2.24) is 14.7 Å². The maximum atomic E-state index is 12.2. The third-order valence-corrected chi connectivity index (χ3v) is 2.69. The van der Waals surface area contributed by atoms with Crippen molar-refractivity contribution < 1.29 is 9.53 Å². The number of aromatic nitrogens is 2. The van der Waals surface area contributed by atoms with Crippen LogP contribution in [0.25, 0.3) is 0 Å². The van der Waals surface area contributed by atoms with Gasteiger partial charge in [-0.05, 0) is 6.92 Å². The van der Waals surface area contributed by atoms with Crippen LogP contribution in [0.15, 0.2) is 6.20 Å². The van der Waals surface area contributed by atoms with Crippen LogP contribution >= 0.6 is 0 Å². The molecular formula is C10H16N4O2. The maximum absolute atomic E-state index is 12.2. The molecule has 0 radical (unpaired) electrons. The SMILES string of the molecule is C[C@@H]1COCCN1C(=O)c1nn(C)cc1N. The number of hydrogen-bond donors (Lipinski definition) is 1. The van der Waals surface area contributed by atoms with Crippen molar-refractivity contribution in [1.29, 1.82) is 0 Å². The van der Waals surface area contributed by atoms with Gasteiger partial charge in [-0.25, -0.2) is 0 Å². The van der Waals surface area contributed by atoms with Crippen molar-refractivity contribution in [2.45, 2.75) is 13.0 Å². The minimum absolute atomic E-state index is 0.0719. The zero-order valence-corrected chi connectivity index (χ0v) is 9.51. The number of nitrogen functional groups attached to an aromatic ring is 1. The van der Waals surface area contributed by atoms with Crippen LogP contribution in [-0.2, 0) is 11.8 Å². The Balaban J connectivity index is 2.21. The molecule has 1 amide bonds. The molecule has 6 heteroatoms. The summed E-state index contributed by atoms with van der Waals surface area (Å²) in [5.41, 5.74) is 6.48. The van der Waals surface area contributed by atoms with Gasteiger partial charge in [-0.15, -0.1) is 0 Å². The van der Waals surface area contributed by atoms with E-state index in [4.69, 9.17) is 10.5 Å².